The summed E-state index contributed by atoms with van der Waals surface area (Å²) in [7, 11) is 0. The van der Waals surface area contributed by atoms with Gasteiger partial charge in [0.2, 0.25) is 11.6 Å². The van der Waals surface area contributed by atoms with E-state index in [1.54, 1.807) is 12.3 Å². The molecule has 0 atom stereocenters. The second kappa shape index (κ2) is 6.28. The van der Waals surface area contributed by atoms with Crippen molar-refractivity contribution in [2.45, 2.75) is 5.03 Å². The third kappa shape index (κ3) is 3.04. The molecule has 0 aliphatic carbocycles. The first-order valence-corrected chi connectivity index (χ1v) is 7.95. The maximum absolute atomic E-state index is 11.5. The summed E-state index contributed by atoms with van der Waals surface area (Å²) in [5.41, 5.74) is -0.101. The number of hydrogen-bond acceptors (Lipinski definition) is 9. The standard InChI is InChI=1S/C14H10N4O6S/c1-25-11-6-7(2-3-17(11)21)13-15-14(24-16-13)8-4-9(18(22)23)12(20)10(19)5-8/h2-6,19-20H,1H3. The number of pyridine rings is 1. The van der Waals surface area contributed by atoms with Crippen molar-refractivity contribution >= 4 is 17.4 Å². The predicted molar refractivity (Wildman–Crippen MR) is 85.9 cm³/mol. The largest absolute Gasteiger partial charge is 0.618 e. The fourth-order valence-electron chi connectivity index (χ4n) is 2.08. The first-order valence-electron chi connectivity index (χ1n) is 6.72. The van der Waals surface area contributed by atoms with Crippen LogP contribution in [0.25, 0.3) is 22.8 Å². The Hall–Kier alpha value is -3.34. The molecule has 25 heavy (non-hydrogen) atoms. The van der Waals surface area contributed by atoms with Crippen LogP contribution >= 0.6 is 11.8 Å². The van der Waals surface area contributed by atoms with Gasteiger partial charge in [0.15, 0.2) is 11.9 Å². The Morgan fingerprint density at radius 3 is 2.72 bits per heavy atom. The Balaban J connectivity index is 2.04. The normalized spacial score (nSPS) is 10.8. The van der Waals surface area contributed by atoms with Crippen molar-refractivity contribution in [3.05, 3.63) is 45.8 Å². The van der Waals surface area contributed by atoms with Crippen LogP contribution in [0.15, 0.2) is 40.0 Å². The lowest BCUT2D eigenvalue weighted by atomic mass is 10.1. The molecule has 0 radical (unpaired) electrons. The molecular weight excluding hydrogens is 352 g/mol. The van der Waals surface area contributed by atoms with Crippen LogP contribution in [-0.4, -0.2) is 31.5 Å². The Morgan fingerprint density at radius 1 is 1.28 bits per heavy atom. The van der Waals surface area contributed by atoms with Crippen LogP contribution in [0.2, 0.25) is 0 Å². The highest BCUT2D eigenvalue weighted by atomic mass is 32.2. The second-order valence-corrected chi connectivity index (χ2v) is 5.65. The Bertz CT molecular complexity index is 974. The number of rotatable bonds is 4. The first kappa shape index (κ1) is 16.5. The van der Waals surface area contributed by atoms with Gasteiger partial charge in [-0.3, -0.25) is 10.1 Å². The summed E-state index contributed by atoms with van der Waals surface area (Å²) in [4.78, 5) is 14.2. The molecule has 0 amide bonds. The van der Waals surface area contributed by atoms with E-state index in [0.717, 1.165) is 12.1 Å². The average Bonchev–Trinajstić information content (AvgIpc) is 3.07. The Kier molecular flexibility index (Phi) is 4.15. The molecule has 0 bridgehead atoms. The van der Waals surface area contributed by atoms with Gasteiger partial charge in [0.1, 0.15) is 0 Å². The molecular formula is C14H10N4O6S. The number of aromatic hydroxyl groups is 2. The highest BCUT2D eigenvalue weighted by molar-refractivity contribution is 7.98. The van der Waals surface area contributed by atoms with Gasteiger partial charge in [0.05, 0.1) is 10.5 Å². The molecule has 128 valence electrons. The molecule has 0 saturated carbocycles. The Labute approximate surface area is 144 Å². The molecule has 10 nitrogen and oxygen atoms in total. The molecule has 2 N–H and O–H groups in total. The monoisotopic (exact) mass is 362 g/mol. The molecule has 2 heterocycles. The lowest BCUT2D eigenvalue weighted by molar-refractivity contribution is -0.645. The van der Waals surface area contributed by atoms with Crippen LogP contribution in [-0.2, 0) is 0 Å². The van der Waals surface area contributed by atoms with E-state index in [0.29, 0.717) is 15.3 Å². The Morgan fingerprint density at radius 2 is 2.04 bits per heavy atom. The van der Waals surface area contributed by atoms with Gasteiger partial charge in [-0.1, -0.05) is 16.9 Å². The van der Waals surface area contributed by atoms with Crippen molar-refractivity contribution in [2.75, 3.05) is 6.26 Å². The lowest BCUT2D eigenvalue weighted by Gasteiger charge is -2.02. The molecule has 3 aromatic rings. The quantitative estimate of drug-likeness (QED) is 0.177. The van der Waals surface area contributed by atoms with Crippen molar-refractivity contribution in [2.24, 2.45) is 0 Å². The van der Waals surface area contributed by atoms with E-state index in [9.17, 15) is 25.5 Å². The minimum atomic E-state index is -0.846. The number of benzene rings is 1. The zero-order chi connectivity index (χ0) is 18.1. The topological polar surface area (TPSA) is 149 Å². The van der Waals surface area contributed by atoms with E-state index in [-0.39, 0.29) is 17.3 Å². The van der Waals surface area contributed by atoms with Crippen molar-refractivity contribution in [3.8, 4) is 34.3 Å². The van der Waals surface area contributed by atoms with E-state index in [2.05, 4.69) is 10.1 Å². The fraction of sp³-hybridized carbons (Fsp3) is 0.0714. The van der Waals surface area contributed by atoms with Gasteiger partial charge in [-0.25, -0.2) is 0 Å². The summed E-state index contributed by atoms with van der Waals surface area (Å²) in [6, 6.07) is 5.15. The van der Waals surface area contributed by atoms with Gasteiger partial charge >= 0.3 is 5.69 Å². The van der Waals surface area contributed by atoms with Crippen molar-refractivity contribution in [3.63, 3.8) is 0 Å². The van der Waals surface area contributed by atoms with Gasteiger partial charge in [-0.15, -0.1) is 0 Å². The number of nitro benzene ring substituents is 1. The van der Waals surface area contributed by atoms with Gasteiger partial charge in [0.25, 0.3) is 10.9 Å². The summed E-state index contributed by atoms with van der Waals surface area (Å²) in [6.45, 7) is 0. The van der Waals surface area contributed by atoms with Gasteiger partial charge in [-0.2, -0.15) is 9.71 Å². The predicted octanol–water partition coefficient (Wildman–Crippen LogP) is 2.08. The van der Waals surface area contributed by atoms with Crippen molar-refractivity contribution in [1.82, 2.24) is 10.1 Å². The van der Waals surface area contributed by atoms with Gasteiger partial charge in [-0.05, 0) is 12.3 Å². The van der Waals surface area contributed by atoms with Crippen LogP contribution in [0.5, 0.6) is 11.5 Å². The lowest BCUT2D eigenvalue weighted by Crippen LogP contribution is -2.27. The van der Waals surface area contributed by atoms with Crippen molar-refractivity contribution in [1.29, 1.82) is 0 Å². The van der Waals surface area contributed by atoms with E-state index < -0.39 is 22.1 Å². The molecule has 3 rings (SSSR count). The van der Waals surface area contributed by atoms with Crippen LogP contribution in [0.3, 0.4) is 0 Å². The minimum absolute atomic E-state index is 0.0701. The molecule has 0 saturated heterocycles. The summed E-state index contributed by atoms with van der Waals surface area (Å²) < 4.78 is 5.76. The minimum Gasteiger partial charge on any atom is -0.618 e. The fourth-order valence-corrected chi connectivity index (χ4v) is 2.56. The number of aromatic nitrogens is 3. The number of hydrogen-bond donors (Lipinski definition) is 2. The average molecular weight is 362 g/mol. The third-order valence-corrected chi connectivity index (χ3v) is 4.01. The molecule has 1 aromatic carbocycles. The number of nitrogens with zero attached hydrogens (tertiary/aromatic N) is 4. The van der Waals surface area contributed by atoms with Crippen LogP contribution in [0.1, 0.15) is 0 Å². The summed E-state index contributed by atoms with van der Waals surface area (Å²) >= 11 is 1.24. The molecule has 11 heteroatoms. The maximum atomic E-state index is 11.5. The number of phenolic OH excluding ortho intramolecular Hbond substituents is 2. The molecule has 0 unspecified atom stereocenters. The van der Waals surface area contributed by atoms with Gasteiger partial charge in [0, 0.05) is 23.8 Å². The zero-order valence-electron chi connectivity index (χ0n) is 12.6. The maximum Gasteiger partial charge on any atom is 0.315 e. The van der Waals surface area contributed by atoms with E-state index >= 15 is 0 Å². The molecule has 0 aliphatic rings. The van der Waals surface area contributed by atoms with Crippen LogP contribution in [0, 0.1) is 15.3 Å². The number of nitro groups is 1. The molecule has 0 fully saturated rings. The molecule has 0 aliphatic heterocycles. The smallest absolute Gasteiger partial charge is 0.315 e. The summed E-state index contributed by atoms with van der Waals surface area (Å²) in [6.07, 6.45) is 3.04. The highest BCUT2D eigenvalue weighted by Gasteiger charge is 2.22. The van der Waals surface area contributed by atoms with Crippen molar-refractivity contribution < 1.29 is 24.4 Å². The second-order valence-electron chi connectivity index (χ2n) is 4.83. The third-order valence-electron chi connectivity index (χ3n) is 3.29. The van der Waals surface area contributed by atoms with E-state index in [1.807, 2.05) is 0 Å². The number of thioether (sulfide) groups is 1. The summed E-state index contributed by atoms with van der Waals surface area (Å²) in [5.74, 6) is -1.44. The van der Waals surface area contributed by atoms with Crippen LogP contribution in [0.4, 0.5) is 5.69 Å². The molecule has 2 aromatic heterocycles. The van der Waals surface area contributed by atoms with E-state index in [4.69, 9.17) is 4.52 Å². The van der Waals surface area contributed by atoms with E-state index in [1.165, 1.54) is 24.0 Å². The SMILES string of the molecule is CSc1cc(-c2noc(-c3cc(O)c(O)c([N+](=O)[O-])c3)n2)cc[n+]1[O-]. The van der Waals surface area contributed by atoms with Crippen LogP contribution < -0.4 is 4.73 Å². The first-order chi connectivity index (χ1) is 11.9. The number of phenols is 2. The molecule has 0 spiro atoms. The zero-order valence-corrected chi connectivity index (χ0v) is 13.4. The van der Waals surface area contributed by atoms with Gasteiger partial charge < -0.3 is 19.9 Å². The highest BCUT2D eigenvalue weighted by Crippen LogP contribution is 2.39. The summed E-state index contributed by atoms with van der Waals surface area (Å²) in [5, 5.41) is 45.8.